The topological polar surface area (TPSA) is 95.9 Å². The van der Waals surface area contributed by atoms with E-state index < -0.39 is 6.10 Å². The number of halogens is 1. The zero-order valence-electron chi connectivity index (χ0n) is 14.4. The molecule has 1 aromatic carbocycles. The minimum absolute atomic E-state index is 0.126. The second-order valence-electron chi connectivity index (χ2n) is 5.98. The number of nitriles is 1. The Hall–Kier alpha value is -2.82. The van der Waals surface area contributed by atoms with Crippen molar-refractivity contribution in [1.82, 2.24) is 14.1 Å². The average Bonchev–Trinajstić information content (AvgIpc) is 2.86. The molecule has 2 N–H and O–H groups in total. The van der Waals surface area contributed by atoms with E-state index in [0.717, 1.165) is 5.52 Å². The summed E-state index contributed by atoms with van der Waals surface area (Å²) in [6, 6.07) is 9.14. The third-order valence-electron chi connectivity index (χ3n) is 4.31. The summed E-state index contributed by atoms with van der Waals surface area (Å²) < 4.78 is 3.10. The lowest BCUT2D eigenvalue weighted by molar-refractivity contribution is 0.150. The Morgan fingerprint density at radius 2 is 2.15 bits per heavy atom. The number of aryl methyl sites for hydroxylation is 1. The van der Waals surface area contributed by atoms with Crippen LogP contribution in [0, 0.1) is 11.3 Å². The molecule has 0 bridgehead atoms. The molecule has 2 aromatic heterocycles. The number of benzene rings is 1. The molecular formula is C18H18ClN5O2. The van der Waals surface area contributed by atoms with Gasteiger partial charge >= 0.3 is 5.69 Å². The van der Waals surface area contributed by atoms with Crippen LogP contribution in [0.3, 0.4) is 0 Å². The van der Waals surface area contributed by atoms with Crippen LogP contribution in [0.25, 0.3) is 11.0 Å². The molecule has 0 amide bonds. The van der Waals surface area contributed by atoms with E-state index in [9.17, 15) is 15.2 Å². The van der Waals surface area contributed by atoms with Gasteiger partial charge in [0.15, 0.2) is 0 Å². The highest BCUT2D eigenvalue weighted by molar-refractivity contribution is 6.31. The number of aromatic nitrogens is 3. The zero-order chi connectivity index (χ0) is 18.8. The summed E-state index contributed by atoms with van der Waals surface area (Å²) >= 11 is 5.96. The Kier molecular flexibility index (Phi) is 4.98. The van der Waals surface area contributed by atoms with Gasteiger partial charge in [-0.3, -0.25) is 9.13 Å². The SMILES string of the molecule is CCC(O)Cn1c(=O)n(C)c2ccc(Nc3ccnc(Cl)c3C#N)cc21. The first-order chi connectivity index (χ1) is 12.5. The number of nitrogens with zero attached hydrogens (tertiary/aromatic N) is 4. The fourth-order valence-electron chi connectivity index (χ4n) is 2.81. The Labute approximate surface area is 155 Å². The van der Waals surface area contributed by atoms with Crippen LogP contribution >= 0.6 is 11.6 Å². The maximum Gasteiger partial charge on any atom is 0.328 e. The van der Waals surface area contributed by atoms with E-state index in [1.165, 1.54) is 6.20 Å². The molecule has 1 unspecified atom stereocenters. The fraction of sp³-hybridized carbons (Fsp3) is 0.278. The van der Waals surface area contributed by atoms with Crippen LogP contribution in [0.2, 0.25) is 5.15 Å². The minimum Gasteiger partial charge on any atom is -0.391 e. The van der Waals surface area contributed by atoms with Crippen molar-refractivity contribution in [1.29, 1.82) is 5.26 Å². The Balaban J connectivity index is 2.07. The number of hydrogen-bond acceptors (Lipinski definition) is 5. The molecule has 0 aliphatic heterocycles. The molecule has 134 valence electrons. The average molecular weight is 372 g/mol. The van der Waals surface area contributed by atoms with Crippen LogP contribution in [0.1, 0.15) is 18.9 Å². The van der Waals surface area contributed by atoms with E-state index >= 15 is 0 Å². The van der Waals surface area contributed by atoms with E-state index in [-0.39, 0.29) is 23.0 Å². The predicted molar refractivity (Wildman–Crippen MR) is 101 cm³/mol. The monoisotopic (exact) mass is 371 g/mol. The molecule has 0 fully saturated rings. The number of imidazole rings is 1. The van der Waals surface area contributed by atoms with Crippen LogP contribution in [0.5, 0.6) is 0 Å². The van der Waals surface area contributed by atoms with Gasteiger partial charge in [0.05, 0.1) is 29.4 Å². The molecule has 0 radical (unpaired) electrons. The number of anilines is 2. The molecule has 0 spiro atoms. The van der Waals surface area contributed by atoms with Crippen molar-refractivity contribution in [3.05, 3.63) is 51.7 Å². The third kappa shape index (κ3) is 3.17. The standard InChI is InChI=1S/C18H18ClN5O2/c1-3-12(25)10-24-16-8-11(4-5-15(16)23(2)18(24)26)22-14-6-7-21-17(19)13(14)9-20/h4-8,12,25H,3,10H2,1-2H3,(H,21,22). The highest BCUT2D eigenvalue weighted by Gasteiger charge is 2.15. The van der Waals surface area contributed by atoms with E-state index in [1.807, 2.05) is 31.2 Å². The fourth-order valence-corrected chi connectivity index (χ4v) is 3.01. The molecule has 7 nitrogen and oxygen atoms in total. The van der Waals surface area contributed by atoms with Crippen molar-refractivity contribution >= 4 is 34.0 Å². The number of rotatable bonds is 5. The Morgan fingerprint density at radius 3 is 2.85 bits per heavy atom. The first kappa shape index (κ1) is 18.0. The van der Waals surface area contributed by atoms with Crippen LogP contribution in [0.4, 0.5) is 11.4 Å². The lowest BCUT2D eigenvalue weighted by Gasteiger charge is -2.11. The van der Waals surface area contributed by atoms with Gasteiger partial charge in [-0.05, 0) is 30.7 Å². The third-order valence-corrected chi connectivity index (χ3v) is 4.59. The lowest BCUT2D eigenvalue weighted by atomic mass is 10.2. The van der Waals surface area contributed by atoms with Gasteiger partial charge < -0.3 is 10.4 Å². The summed E-state index contributed by atoms with van der Waals surface area (Å²) in [4.78, 5) is 16.4. The smallest absolute Gasteiger partial charge is 0.328 e. The van der Waals surface area contributed by atoms with Gasteiger partial charge in [-0.25, -0.2) is 9.78 Å². The number of aliphatic hydroxyl groups excluding tert-OH is 1. The van der Waals surface area contributed by atoms with E-state index in [1.54, 1.807) is 22.2 Å². The molecular weight excluding hydrogens is 354 g/mol. The van der Waals surface area contributed by atoms with Crippen LogP contribution < -0.4 is 11.0 Å². The Morgan fingerprint density at radius 1 is 1.38 bits per heavy atom. The molecule has 3 rings (SSSR count). The van der Waals surface area contributed by atoms with Crippen LogP contribution in [-0.4, -0.2) is 25.3 Å². The van der Waals surface area contributed by atoms with Gasteiger partial charge in [-0.1, -0.05) is 18.5 Å². The summed E-state index contributed by atoms with van der Waals surface area (Å²) in [6.45, 7) is 2.09. The molecule has 26 heavy (non-hydrogen) atoms. The number of hydrogen-bond donors (Lipinski definition) is 2. The van der Waals surface area contributed by atoms with Crippen molar-refractivity contribution in [2.24, 2.45) is 7.05 Å². The largest absolute Gasteiger partial charge is 0.391 e. The maximum atomic E-state index is 12.5. The van der Waals surface area contributed by atoms with Crippen molar-refractivity contribution in [3.63, 3.8) is 0 Å². The van der Waals surface area contributed by atoms with E-state index in [2.05, 4.69) is 10.3 Å². The lowest BCUT2D eigenvalue weighted by Crippen LogP contribution is -2.27. The molecule has 2 heterocycles. The number of pyridine rings is 1. The molecule has 0 aliphatic rings. The maximum absolute atomic E-state index is 12.5. The number of fused-ring (bicyclic) bond motifs is 1. The highest BCUT2D eigenvalue weighted by atomic mass is 35.5. The molecule has 1 atom stereocenters. The predicted octanol–water partition coefficient (Wildman–Crippen LogP) is 2.77. The highest BCUT2D eigenvalue weighted by Crippen LogP contribution is 2.26. The van der Waals surface area contributed by atoms with Gasteiger partial charge in [0, 0.05) is 18.9 Å². The molecule has 0 saturated carbocycles. The summed E-state index contributed by atoms with van der Waals surface area (Å²) in [5.41, 5.74) is 2.76. The minimum atomic E-state index is -0.598. The van der Waals surface area contributed by atoms with Crippen LogP contribution in [-0.2, 0) is 13.6 Å². The van der Waals surface area contributed by atoms with E-state index in [4.69, 9.17) is 11.6 Å². The van der Waals surface area contributed by atoms with Gasteiger partial charge in [-0.2, -0.15) is 5.26 Å². The zero-order valence-corrected chi connectivity index (χ0v) is 15.2. The summed E-state index contributed by atoms with van der Waals surface area (Å²) in [5.74, 6) is 0. The van der Waals surface area contributed by atoms with Gasteiger partial charge in [-0.15, -0.1) is 0 Å². The molecule has 3 aromatic rings. The molecule has 0 aliphatic carbocycles. The van der Waals surface area contributed by atoms with Crippen molar-refractivity contribution in [2.45, 2.75) is 26.0 Å². The normalized spacial score (nSPS) is 12.1. The summed E-state index contributed by atoms with van der Waals surface area (Å²) in [6.07, 6.45) is 1.47. The second-order valence-corrected chi connectivity index (χ2v) is 6.34. The second kappa shape index (κ2) is 7.20. The first-order valence-corrected chi connectivity index (χ1v) is 8.53. The summed E-state index contributed by atoms with van der Waals surface area (Å²) in [7, 11) is 1.70. The quantitative estimate of drug-likeness (QED) is 0.672. The van der Waals surface area contributed by atoms with E-state index in [0.29, 0.717) is 23.3 Å². The van der Waals surface area contributed by atoms with Gasteiger partial charge in [0.1, 0.15) is 16.8 Å². The molecule has 0 saturated heterocycles. The van der Waals surface area contributed by atoms with Crippen molar-refractivity contribution in [2.75, 3.05) is 5.32 Å². The van der Waals surface area contributed by atoms with Crippen LogP contribution in [0.15, 0.2) is 35.3 Å². The van der Waals surface area contributed by atoms with Gasteiger partial charge in [0.25, 0.3) is 0 Å². The first-order valence-electron chi connectivity index (χ1n) is 8.15. The number of aliphatic hydroxyl groups is 1. The Bertz CT molecular complexity index is 1060. The van der Waals surface area contributed by atoms with Crippen molar-refractivity contribution in [3.8, 4) is 6.07 Å². The summed E-state index contributed by atoms with van der Waals surface area (Å²) in [5, 5.41) is 22.5. The number of nitrogens with one attached hydrogen (secondary N) is 1. The van der Waals surface area contributed by atoms with Gasteiger partial charge in [0.2, 0.25) is 0 Å². The van der Waals surface area contributed by atoms with Crippen molar-refractivity contribution < 1.29 is 5.11 Å². The molecule has 8 heteroatoms.